The molecule has 20 heavy (non-hydrogen) atoms. The molecule has 3 nitrogen and oxygen atoms in total. The lowest BCUT2D eigenvalue weighted by Gasteiger charge is -2.32. The number of nitrogens with one attached hydrogen (secondary N) is 1. The topological polar surface area (TPSA) is 36.1 Å². The highest BCUT2D eigenvalue weighted by atomic mass is 32.2. The highest BCUT2D eigenvalue weighted by Crippen LogP contribution is 2.33. The van der Waals surface area contributed by atoms with Crippen molar-refractivity contribution in [2.24, 2.45) is 0 Å². The first-order valence-electron chi connectivity index (χ1n) is 6.79. The van der Waals surface area contributed by atoms with Gasteiger partial charge >= 0.3 is 0 Å². The predicted molar refractivity (Wildman–Crippen MR) is 83.0 cm³/mol. The van der Waals surface area contributed by atoms with Gasteiger partial charge in [0.05, 0.1) is 0 Å². The molecule has 0 aliphatic carbocycles. The maximum absolute atomic E-state index is 13.4. The van der Waals surface area contributed by atoms with Crippen LogP contribution in [0.5, 0.6) is 0 Å². The van der Waals surface area contributed by atoms with E-state index in [2.05, 4.69) is 10.9 Å². The quantitative estimate of drug-likeness (QED) is 0.850. The van der Waals surface area contributed by atoms with E-state index in [9.17, 15) is 8.60 Å². The van der Waals surface area contributed by atoms with Crippen LogP contribution in [0.2, 0.25) is 0 Å². The molecule has 1 aliphatic rings. The molecule has 1 aromatic carbocycles. The Morgan fingerprint density at radius 1 is 1.40 bits per heavy atom. The second-order valence-corrected chi connectivity index (χ2v) is 8.03. The lowest BCUT2D eigenvalue weighted by molar-refractivity contribution is 0.335. The Morgan fingerprint density at radius 2 is 2.10 bits per heavy atom. The molecule has 1 unspecified atom stereocenters. The molecule has 0 spiro atoms. The van der Waals surface area contributed by atoms with Crippen LogP contribution in [-0.2, 0) is 9.71 Å². The van der Waals surface area contributed by atoms with E-state index < -0.39 is 9.71 Å². The summed E-state index contributed by atoms with van der Waals surface area (Å²) in [6.07, 6.45) is 5.54. The van der Waals surface area contributed by atoms with Crippen LogP contribution in [0.4, 0.5) is 4.39 Å². The summed E-state index contributed by atoms with van der Waals surface area (Å²) in [5.41, 5.74) is 2.14. The number of nitrogens with zero attached hydrogens (tertiary/aromatic N) is 1. The van der Waals surface area contributed by atoms with Crippen LogP contribution >= 0.6 is 0 Å². The minimum atomic E-state index is -2.10. The molecule has 1 saturated heterocycles. The Balaban J connectivity index is 1.85. The molecule has 1 aliphatic heterocycles. The molecule has 0 amide bonds. The highest BCUT2D eigenvalue weighted by Gasteiger charge is 2.25. The molecule has 3 rings (SSSR count). The second kappa shape index (κ2) is 4.90. The van der Waals surface area contributed by atoms with Gasteiger partial charge in [0.15, 0.2) is 0 Å². The summed E-state index contributed by atoms with van der Waals surface area (Å²) in [5.74, 6) is 3.93. The van der Waals surface area contributed by atoms with Crippen LogP contribution in [0.15, 0.2) is 24.4 Å². The van der Waals surface area contributed by atoms with Gasteiger partial charge in [-0.2, -0.15) is 0 Å². The SMILES string of the molecule is C=S(C)(=O)N1CCC(c2c[nH]c3ccc(F)cc23)CC1. The summed E-state index contributed by atoms with van der Waals surface area (Å²) in [6, 6.07) is 4.84. The Morgan fingerprint density at radius 3 is 2.75 bits per heavy atom. The lowest BCUT2D eigenvalue weighted by atomic mass is 9.90. The van der Waals surface area contributed by atoms with Crippen molar-refractivity contribution < 1.29 is 8.60 Å². The van der Waals surface area contributed by atoms with E-state index in [4.69, 9.17) is 0 Å². The summed E-state index contributed by atoms with van der Waals surface area (Å²) in [4.78, 5) is 3.20. The second-order valence-electron chi connectivity index (χ2n) is 5.60. The van der Waals surface area contributed by atoms with Crippen molar-refractivity contribution in [2.45, 2.75) is 18.8 Å². The van der Waals surface area contributed by atoms with Crippen molar-refractivity contribution >= 4 is 26.5 Å². The van der Waals surface area contributed by atoms with Gasteiger partial charge in [-0.3, -0.25) is 4.21 Å². The number of benzene rings is 1. The number of hydrogen-bond acceptors (Lipinski definition) is 1. The van der Waals surface area contributed by atoms with E-state index in [0.29, 0.717) is 5.92 Å². The summed E-state index contributed by atoms with van der Waals surface area (Å²) in [5, 5.41) is 0.968. The van der Waals surface area contributed by atoms with Crippen LogP contribution in [0.1, 0.15) is 24.3 Å². The summed E-state index contributed by atoms with van der Waals surface area (Å²) in [6.45, 7) is 1.57. The highest BCUT2D eigenvalue weighted by molar-refractivity contribution is 7.97. The monoisotopic (exact) mass is 294 g/mol. The largest absolute Gasteiger partial charge is 0.361 e. The molecule has 1 fully saturated rings. The molecule has 0 saturated carbocycles. The Bertz CT molecular complexity index is 727. The van der Waals surface area contributed by atoms with Gasteiger partial charge in [0.1, 0.15) is 5.82 Å². The van der Waals surface area contributed by atoms with Gasteiger partial charge in [0.25, 0.3) is 0 Å². The zero-order chi connectivity index (χ0) is 14.3. The number of aromatic amines is 1. The third kappa shape index (κ3) is 2.47. The maximum Gasteiger partial charge on any atom is 0.123 e. The van der Waals surface area contributed by atoms with Crippen LogP contribution in [0, 0.1) is 5.82 Å². The van der Waals surface area contributed by atoms with Crippen molar-refractivity contribution in [1.29, 1.82) is 0 Å². The van der Waals surface area contributed by atoms with Crippen molar-refractivity contribution in [2.75, 3.05) is 19.3 Å². The van der Waals surface area contributed by atoms with E-state index in [0.717, 1.165) is 36.8 Å². The predicted octanol–water partition coefficient (Wildman–Crippen LogP) is 2.75. The zero-order valence-corrected chi connectivity index (χ0v) is 12.4. The van der Waals surface area contributed by atoms with Gasteiger partial charge < -0.3 is 4.98 Å². The van der Waals surface area contributed by atoms with Gasteiger partial charge in [-0.25, -0.2) is 8.70 Å². The fourth-order valence-corrected chi connectivity index (χ4v) is 3.99. The fraction of sp³-hybridized carbons (Fsp3) is 0.400. The van der Waals surface area contributed by atoms with Crippen LogP contribution in [-0.4, -0.2) is 38.7 Å². The number of aromatic nitrogens is 1. The van der Waals surface area contributed by atoms with Gasteiger partial charge in [-0.1, -0.05) is 0 Å². The number of piperidine rings is 1. The fourth-order valence-electron chi connectivity index (χ4n) is 3.01. The van der Waals surface area contributed by atoms with E-state index in [1.807, 2.05) is 10.5 Å². The van der Waals surface area contributed by atoms with Crippen molar-refractivity contribution in [1.82, 2.24) is 9.29 Å². The molecule has 1 atom stereocenters. The number of hydrogen-bond donors (Lipinski definition) is 1. The zero-order valence-electron chi connectivity index (χ0n) is 11.6. The first-order valence-corrected chi connectivity index (χ1v) is 8.88. The average Bonchev–Trinajstić information content (AvgIpc) is 2.81. The van der Waals surface area contributed by atoms with Gasteiger partial charge in [0, 0.05) is 46.2 Å². The smallest absolute Gasteiger partial charge is 0.123 e. The summed E-state index contributed by atoms with van der Waals surface area (Å²) >= 11 is 0. The molecule has 108 valence electrons. The molecule has 2 aromatic rings. The van der Waals surface area contributed by atoms with Crippen LogP contribution in [0.3, 0.4) is 0 Å². The first kappa shape index (κ1) is 13.6. The molecule has 1 aromatic heterocycles. The third-order valence-electron chi connectivity index (χ3n) is 4.12. The summed E-state index contributed by atoms with van der Waals surface area (Å²) < 4.78 is 27.3. The lowest BCUT2D eigenvalue weighted by Crippen LogP contribution is -2.36. The minimum absolute atomic E-state index is 0.204. The van der Waals surface area contributed by atoms with Crippen molar-refractivity contribution in [3.63, 3.8) is 0 Å². The van der Waals surface area contributed by atoms with E-state index in [1.165, 1.54) is 11.6 Å². The number of fused-ring (bicyclic) bond motifs is 1. The molecule has 1 N–H and O–H groups in total. The Kier molecular flexibility index (Phi) is 3.34. The number of halogens is 1. The van der Waals surface area contributed by atoms with Crippen molar-refractivity contribution in [3.8, 4) is 0 Å². The van der Waals surface area contributed by atoms with Gasteiger partial charge in [-0.05, 0) is 48.4 Å². The van der Waals surface area contributed by atoms with E-state index >= 15 is 0 Å². The van der Waals surface area contributed by atoms with Gasteiger partial charge in [-0.15, -0.1) is 0 Å². The van der Waals surface area contributed by atoms with Crippen LogP contribution < -0.4 is 0 Å². The number of H-pyrrole nitrogens is 1. The normalized spacial score (nSPS) is 21.1. The third-order valence-corrected chi connectivity index (χ3v) is 5.57. The van der Waals surface area contributed by atoms with Gasteiger partial charge in [0.2, 0.25) is 0 Å². The minimum Gasteiger partial charge on any atom is -0.361 e. The Hall–Kier alpha value is -1.33. The number of rotatable bonds is 2. The van der Waals surface area contributed by atoms with Crippen LogP contribution in [0.25, 0.3) is 10.9 Å². The van der Waals surface area contributed by atoms with E-state index in [1.54, 1.807) is 18.4 Å². The molecule has 5 heteroatoms. The maximum atomic E-state index is 13.4. The molecule has 2 heterocycles. The molecule has 0 radical (unpaired) electrons. The van der Waals surface area contributed by atoms with E-state index in [-0.39, 0.29) is 5.82 Å². The average molecular weight is 294 g/mol. The molecular weight excluding hydrogens is 275 g/mol. The summed E-state index contributed by atoms with van der Waals surface area (Å²) in [7, 11) is -2.10. The first-order chi connectivity index (χ1) is 9.45. The van der Waals surface area contributed by atoms with Crippen molar-refractivity contribution in [3.05, 3.63) is 35.8 Å². The molecular formula is C15H19FN2OS. The Labute approximate surface area is 118 Å². The standard InChI is InChI=1S/C15H19FN2OS/c1-20(2,19)18-7-5-11(6-8-18)14-10-17-15-4-3-12(16)9-13(14)15/h3-4,9-11,17H,1,5-8H2,2H3. The molecule has 0 bridgehead atoms.